The van der Waals surface area contributed by atoms with Gasteiger partial charge in [-0.15, -0.1) is 0 Å². The average Bonchev–Trinajstić information content (AvgIpc) is 3.64. The first-order valence-corrected chi connectivity index (χ1v) is 11.4. The lowest BCUT2D eigenvalue weighted by Crippen LogP contribution is -2.43. The summed E-state index contributed by atoms with van der Waals surface area (Å²) in [5, 5.41) is 19.1. The molecule has 1 heterocycles. The predicted molar refractivity (Wildman–Crippen MR) is 126 cm³/mol. The summed E-state index contributed by atoms with van der Waals surface area (Å²) in [6.45, 7) is 4.52. The molecule has 2 aromatic carbocycles. The van der Waals surface area contributed by atoms with Crippen molar-refractivity contribution < 1.29 is 24.5 Å². The second kappa shape index (κ2) is 12.8. The van der Waals surface area contributed by atoms with E-state index in [1.54, 1.807) is 0 Å². The van der Waals surface area contributed by atoms with Crippen LogP contribution in [-0.2, 0) is 16.1 Å². The van der Waals surface area contributed by atoms with Crippen molar-refractivity contribution in [3.8, 4) is 11.5 Å². The molecule has 0 aromatic heterocycles. The van der Waals surface area contributed by atoms with Gasteiger partial charge in [-0.1, -0.05) is 36.4 Å². The van der Waals surface area contributed by atoms with Crippen molar-refractivity contribution in [3.63, 3.8) is 0 Å². The van der Waals surface area contributed by atoms with Gasteiger partial charge in [0.2, 0.25) is 0 Å². The van der Waals surface area contributed by atoms with Gasteiger partial charge >= 0.3 is 11.9 Å². The van der Waals surface area contributed by atoms with Gasteiger partial charge in [-0.25, -0.2) is 9.59 Å². The summed E-state index contributed by atoms with van der Waals surface area (Å²) in [4.78, 5) is 21.8. The largest absolute Gasteiger partial charge is 0.478 e. The second-order valence-corrected chi connectivity index (χ2v) is 8.39. The molecular formula is C26H32N2O5. The van der Waals surface area contributed by atoms with Gasteiger partial charge in [0.1, 0.15) is 11.5 Å². The Balaban J connectivity index is 0.000000331. The molecule has 7 heteroatoms. The van der Waals surface area contributed by atoms with Gasteiger partial charge in [-0.05, 0) is 62.9 Å². The molecule has 3 N–H and O–H groups in total. The first-order chi connectivity index (χ1) is 16.0. The lowest BCUT2D eigenvalue weighted by atomic mass is 10.0. The van der Waals surface area contributed by atoms with Crippen molar-refractivity contribution in [3.05, 3.63) is 72.3 Å². The van der Waals surface area contributed by atoms with E-state index in [1.165, 1.54) is 37.8 Å². The number of para-hydroxylation sites is 2. The molecule has 1 aliphatic carbocycles. The number of carboxylic acid groups (broad SMARTS) is 2. The maximum absolute atomic E-state index is 9.55. The molecule has 0 bridgehead atoms. The number of carboxylic acids is 2. The molecule has 0 radical (unpaired) electrons. The number of rotatable bonds is 9. The van der Waals surface area contributed by atoms with E-state index in [0.29, 0.717) is 18.2 Å². The minimum atomic E-state index is -1.26. The van der Waals surface area contributed by atoms with Gasteiger partial charge in [0.15, 0.2) is 0 Å². The van der Waals surface area contributed by atoms with Crippen LogP contribution in [0.15, 0.2) is 66.7 Å². The van der Waals surface area contributed by atoms with Crippen molar-refractivity contribution in [2.45, 2.75) is 38.3 Å². The summed E-state index contributed by atoms with van der Waals surface area (Å²) in [5.41, 5.74) is 1.30. The number of aliphatic carboxylic acids is 2. The molecule has 2 fully saturated rings. The smallest absolute Gasteiger partial charge is 0.328 e. The summed E-state index contributed by atoms with van der Waals surface area (Å²) in [5.74, 6) is 0.297. The minimum Gasteiger partial charge on any atom is -0.478 e. The highest BCUT2D eigenvalue weighted by Gasteiger charge is 2.29. The maximum Gasteiger partial charge on any atom is 0.328 e. The fourth-order valence-corrected chi connectivity index (χ4v) is 3.86. The number of ether oxygens (including phenoxy) is 1. The van der Waals surface area contributed by atoms with Gasteiger partial charge in [0.25, 0.3) is 0 Å². The third-order valence-corrected chi connectivity index (χ3v) is 5.70. The summed E-state index contributed by atoms with van der Waals surface area (Å²) in [6, 6.07) is 19.3. The van der Waals surface area contributed by atoms with Crippen molar-refractivity contribution >= 4 is 11.9 Å². The Bertz CT molecular complexity index is 905. The van der Waals surface area contributed by atoms with Gasteiger partial charge in [0, 0.05) is 36.8 Å². The van der Waals surface area contributed by atoms with Crippen LogP contribution in [0.4, 0.5) is 0 Å². The van der Waals surface area contributed by atoms with Crippen molar-refractivity contribution in [1.29, 1.82) is 0 Å². The Hall–Kier alpha value is -3.16. The Labute approximate surface area is 194 Å². The van der Waals surface area contributed by atoms with Crippen LogP contribution in [0.1, 0.15) is 31.2 Å². The van der Waals surface area contributed by atoms with E-state index in [4.69, 9.17) is 14.9 Å². The SMILES string of the molecule is O=C(O)/C=C/C(=O)O.c1ccc(Oc2ccccc2CN(CC2CC2)C2CCNCC2)cc1. The molecule has 33 heavy (non-hydrogen) atoms. The molecule has 176 valence electrons. The van der Waals surface area contributed by atoms with Crippen molar-refractivity contribution in [2.24, 2.45) is 5.92 Å². The van der Waals surface area contributed by atoms with E-state index in [9.17, 15) is 9.59 Å². The molecule has 2 aromatic rings. The highest BCUT2D eigenvalue weighted by atomic mass is 16.5. The van der Waals surface area contributed by atoms with Crippen LogP contribution < -0.4 is 10.1 Å². The molecule has 1 saturated heterocycles. The minimum absolute atomic E-state index is 0.558. The zero-order valence-electron chi connectivity index (χ0n) is 18.7. The number of nitrogens with zero attached hydrogens (tertiary/aromatic N) is 1. The maximum atomic E-state index is 9.55. The Morgan fingerprint density at radius 3 is 2.12 bits per heavy atom. The third-order valence-electron chi connectivity index (χ3n) is 5.70. The molecule has 0 amide bonds. The molecular weight excluding hydrogens is 420 g/mol. The number of benzene rings is 2. The summed E-state index contributed by atoms with van der Waals surface area (Å²) in [6.07, 6.45) is 6.45. The molecule has 7 nitrogen and oxygen atoms in total. The summed E-state index contributed by atoms with van der Waals surface area (Å²) in [7, 11) is 0. The topological polar surface area (TPSA) is 99.1 Å². The fourth-order valence-electron chi connectivity index (χ4n) is 3.86. The van der Waals surface area contributed by atoms with E-state index in [0.717, 1.165) is 37.1 Å². The van der Waals surface area contributed by atoms with E-state index in [-0.39, 0.29) is 0 Å². The summed E-state index contributed by atoms with van der Waals surface area (Å²) < 4.78 is 6.18. The molecule has 0 unspecified atom stereocenters. The predicted octanol–water partition coefficient (Wildman–Crippen LogP) is 4.15. The number of hydrogen-bond acceptors (Lipinski definition) is 5. The molecule has 1 saturated carbocycles. The van der Waals surface area contributed by atoms with Crippen LogP contribution in [0, 0.1) is 5.92 Å². The molecule has 2 aliphatic rings. The first kappa shape index (κ1) is 24.5. The Morgan fingerprint density at radius 1 is 0.909 bits per heavy atom. The van der Waals surface area contributed by atoms with Gasteiger partial charge in [-0.2, -0.15) is 0 Å². The van der Waals surface area contributed by atoms with E-state index in [2.05, 4.69) is 34.5 Å². The quantitative estimate of drug-likeness (QED) is 0.492. The molecule has 1 aliphatic heterocycles. The van der Waals surface area contributed by atoms with Crippen LogP contribution >= 0.6 is 0 Å². The lowest BCUT2D eigenvalue weighted by molar-refractivity contribution is -0.134. The highest BCUT2D eigenvalue weighted by Crippen LogP contribution is 2.33. The molecule has 4 rings (SSSR count). The average molecular weight is 453 g/mol. The first-order valence-electron chi connectivity index (χ1n) is 11.4. The number of piperidine rings is 1. The standard InChI is InChI=1S/C22H28N2O.C4H4O4/c1-2-7-21(8-3-1)25-22-9-5-4-6-19(22)17-24(16-18-10-11-18)20-12-14-23-15-13-20;5-3(6)1-2-4(7)8/h1-9,18,20,23H,10-17H2;1-2H,(H,5,6)(H,7,8)/b;2-1+. The van der Waals surface area contributed by atoms with Crippen LogP contribution in [0.5, 0.6) is 11.5 Å². The van der Waals surface area contributed by atoms with Crippen molar-refractivity contribution in [2.75, 3.05) is 19.6 Å². The van der Waals surface area contributed by atoms with Crippen LogP contribution in [-0.4, -0.2) is 52.7 Å². The Kier molecular flexibility index (Phi) is 9.47. The van der Waals surface area contributed by atoms with E-state index in [1.807, 2.05) is 30.3 Å². The van der Waals surface area contributed by atoms with Gasteiger partial charge in [-0.3, -0.25) is 4.90 Å². The van der Waals surface area contributed by atoms with Crippen LogP contribution in [0.3, 0.4) is 0 Å². The van der Waals surface area contributed by atoms with Crippen LogP contribution in [0.25, 0.3) is 0 Å². The highest BCUT2D eigenvalue weighted by molar-refractivity contribution is 5.89. The third kappa shape index (κ3) is 9.08. The van der Waals surface area contributed by atoms with E-state index < -0.39 is 11.9 Å². The zero-order chi connectivity index (χ0) is 23.5. The van der Waals surface area contributed by atoms with Crippen molar-refractivity contribution in [1.82, 2.24) is 10.2 Å². The Morgan fingerprint density at radius 2 is 1.52 bits per heavy atom. The molecule has 0 atom stereocenters. The summed E-state index contributed by atoms with van der Waals surface area (Å²) >= 11 is 0. The number of carbonyl (C=O) groups is 2. The monoisotopic (exact) mass is 452 g/mol. The molecule has 0 spiro atoms. The lowest BCUT2D eigenvalue weighted by Gasteiger charge is -2.35. The number of nitrogens with one attached hydrogen (secondary N) is 1. The zero-order valence-corrected chi connectivity index (χ0v) is 18.7. The van der Waals surface area contributed by atoms with Gasteiger partial charge < -0.3 is 20.3 Å². The normalized spacial score (nSPS) is 16.3. The van der Waals surface area contributed by atoms with Gasteiger partial charge in [0.05, 0.1) is 0 Å². The van der Waals surface area contributed by atoms with Crippen LogP contribution in [0.2, 0.25) is 0 Å². The van der Waals surface area contributed by atoms with E-state index >= 15 is 0 Å². The number of hydrogen-bond donors (Lipinski definition) is 3. The fraction of sp³-hybridized carbons (Fsp3) is 0.385. The second-order valence-electron chi connectivity index (χ2n) is 8.39.